The SMILES string of the molecule is O=C(O)c1cc2cccc(Oc3ccccc3)c2c(=O)[nH]1. The number of H-pyrrole nitrogens is 1. The number of para-hydroxylation sites is 1. The van der Waals surface area contributed by atoms with Gasteiger partial charge in [0.2, 0.25) is 0 Å². The van der Waals surface area contributed by atoms with Gasteiger partial charge in [-0.15, -0.1) is 0 Å². The van der Waals surface area contributed by atoms with Crippen molar-refractivity contribution in [3.05, 3.63) is 70.6 Å². The van der Waals surface area contributed by atoms with Crippen LogP contribution in [0.5, 0.6) is 11.5 Å². The fourth-order valence-electron chi connectivity index (χ4n) is 2.10. The summed E-state index contributed by atoms with van der Waals surface area (Å²) in [6, 6.07) is 15.5. The third-order valence-electron chi connectivity index (χ3n) is 3.03. The van der Waals surface area contributed by atoms with Gasteiger partial charge >= 0.3 is 5.97 Å². The molecule has 0 aliphatic carbocycles. The Morgan fingerprint density at radius 2 is 1.81 bits per heavy atom. The number of pyridine rings is 1. The molecular formula is C16H11NO4. The Bertz CT molecular complexity index is 868. The predicted octanol–water partition coefficient (Wildman–Crippen LogP) is 3.02. The van der Waals surface area contributed by atoms with E-state index in [1.807, 2.05) is 18.2 Å². The smallest absolute Gasteiger partial charge is 0.352 e. The second-order valence-corrected chi connectivity index (χ2v) is 4.45. The first-order valence-electron chi connectivity index (χ1n) is 6.27. The lowest BCUT2D eigenvalue weighted by molar-refractivity contribution is 0.0690. The molecule has 104 valence electrons. The van der Waals surface area contributed by atoms with E-state index >= 15 is 0 Å². The second-order valence-electron chi connectivity index (χ2n) is 4.45. The largest absolute Gasteiger partial charge is 0.477 e. The van der Waals surface area contributed by atoms with Crippen LogP contribution >= 0.6 is 0 Å². The summed E-state index contributed by atoms with van der Waals surface area (Å²) < 4.78 is 5.71. The highest BCUT2D eigenvalue weighted by Gasteiger charge is 2.12. The summed E-state index contributed by atoms with van der Waals surface area (Å²) in [5.41, 5.74) is -0.638. The van der Waals surface area contributed by atoms with Gasteiger partial charge in [0.25, 0.3) is 5.56 Å². The average Bonchev–Trinajstić information content (AvgIpc) is 2.48. The number of carboxylic acids is 1. The summed E-state index contributed by atoms with van der Waals surface area (Å²) in [6.45, 7) is 0. The molecule has 3 rings (SSSR count). The minimum absolute atomic E-state index is 0.149. The number of nitrogens with one attached hydrogen (secondary N) is 1. The molecule has 2 aromatic carbocycles. The van der Waals surface area contributed by atoms with Crippen LogP contribution in [0.4, 0.5) is 0 Å². The number of hydrogen-bond acceptors (Lipinski definition) is 3. The summed E-state index contributed by atoms with van der Waals surface area (Å²) in [5, 5.41) is 9.82. The molecule has 5 heteroatoms. The first-order chi connectivity index (χ1) is 10.1. The second kappa shape index (κ2) is 5.13. The van der Waals surface area contributed by atoms with Crippen molar-refractivity contribution in [2.45, 2.75) is 0 Å². The number of carbonyl (C=O) groups is 1. The minimum Gasteiger partial charge on any atom is -0.477 e. The van der Waals surface area contributed by atoms with Crippen LogP contribution in [-0.2, 0) is 0 Å². The van der Waals surface area contributed by atoms with Crippen LogP contribution in [0.15, 0.2) is 59.4 Å². The Kier molecular flexibility index (Phi) is 3.16. The quantitative estimate of drug-likeness (QED) is 0.773. The zero-order chi connectivity index (χ0) is 14.8. The van der Waals surface area contributed by atoms with Gasteiger partial charge in [0.15, 0.2) is 0 Å². The van der Waals surface area contributed by atoms with Gasteiger partial charge in [-0.05, 0) is 29.7 Å². The molecule has 0 saturated carbocycles. The molecule has 0 spiro atoms. The molecule has 0 saturated heterocycles. The number of aromatic carboxylic acids is 1. The highest BCUT2D eigenvalue weighted by atomic mass is 16.5. The summed E-state index contributed by atoms with van der Waals surface area (Å²) in [5.74, 6) is -0.188. The van der Waals surface area contributed by atoms with Gasteiger partial charge in [0.05, 0.1) is 5.39 Å². The van der Waals surface area contributed by atoms with Crippen LogP contribution < -0.4 is 10.3 Å². The van der Waals surface area contributed by atoms with Crippen molar-refractivity contribution in [3.63, 3.8) is 0 Å². The topological polar surface area (TPSA) is 79.4 Å². The number of aromatic amines is 1. The van der Waals surface area contributed by atoms with Crippen molar-refractivity contribution in [2.75, 3.05) is 0 Å². The van der Waals surface area contributed by atoms with Crippen molar-refractivity contribution in [1.82, 2.24) is 4.98 Å². The van der Waals surface area contributed by atoms with Gasteiger partial charge in [-0.2, -0.15) is 0 Å². The number of ether oxygens (including phenoxy) is 1. The maximum Gasteiger partial charge on any atom is 0.352 e. The van der Waals surface area contributed by atoms with Gasteiger partial charge in [0, 0.05) is 0 Å². The normalized spacial score (nSPS) is 10.5. The van der Waals surface area contributed by atoms with E-state index in [2.05, 4.69) is 4.98 Å². The number of rotatable bonds is 3. The number of benzene rings is 2. The van der Waals surface area contributed by atoms with Crippen molar-refractivity contribution >= 4 is 16.7 Å². The van der Waals surface area contributed by atoms with E-state index in [0.717, 1.165) is 0 Å². The van der Waals surface area contributed by atoms with E-state index < -0.39 is 11.5 Å². The summed E-state index contributed by atoms with van der Waals surface area (Å²) in [6.07, 6.45) is 0. The van der Waals surface area contributed by atoms with Gasteiger partial charge in [0.1, 0.15) is 17.2 Å². The van der Waals surface area contributed by atoms with E-state index in [4.69, 9.17) is 9.84 Å². The van der Waals surface area contributed by atoms with Crippen LogP contribution in [0.25, 0.3) is 10.8 Å². The zero-order valence-electron chi connectivity index (χ0n) is 10.9. The van der Waals surface area contributed by atoms with Gasteiger partial charge in [-0.3, -0.25) is 4.79 Å². The van der Waals surface area contributed by atoms with E-state index in [-0.39, 0.29) is 5.69 Å². The highest BCUT2D eigenvalue weighted by molar-refractivity contribution is 5.94. The Hall–Kier alpha value is -3.08. The molecule has 5 nitrogen and oxygen atoms in total. The van der Waals surface area contributed by atoms with Crippen molar-refractivity contribution in [2.24, 2.45) is 0 Å². The predicted molar refractivity (Wildman–Crippen MR) is 78.0 cm³/mol. The third-order valence-corrected chi connectivity index (χ3v) is 3.03. The van der Waals surface area contributed by atoms with Gasteiger partial charge in [-0.25, -0.2) is 4.79 Å². The van der Waals surface area contributed by atoms with Gasteiger partial charge < -0.3 is 14.8 Å². The molecule has 0 aliphatic rings. The molecule has 0 unspecified atom stereocenters. The molecule has 0 fully saturated rings. The molecule has 0 bridgehead atoms. The van der Waals surface area contributed by atoms with Crippen LogP contribution in [0.2, 0.25) is 0 Å². The van der Waals surface area contributed by atoms with Crippen molar-refractivity contribution in [1.29, 1.82) is 0 Å². The van der Waals surface area contributed by atoms with E-state index in [9.17, 15) is 9.59 Å². The maximum absolute atomic E-state index is 12.1. The number of fused-ring (bicyclic) bond motifs is 1. The highest BCUT2D eigenvalue weighted by Crippen LogP contribution is 2.27. The third kappa shape index (κ3) is 2.49. The lowest BCUT2D eigenvalue weighted by Crippen LogP contribution is -2.13. The molecule has 0 atom stereocenters. The molecule has 0 radical (unpaired) electrons. The van der Waals surface area contributed by atoms with E-state index in [1.54, 1.807) is 30.3 Å². The molecule has 21 heavy (non-hydrogen) atoms. The lowest BCUT2D eigenvalue weighted by atomic mass is 10.1. The Morgan fingerprint density at radius 1 is 1.05 bits per heavy atom. The first-order valence-corrected chi connectivity index (χ1v) is 6.27. The Labute approximate surface area is 119 Å². The van der Waals surface area contributed by atoms with Gasteiger partial charge in [-0.1, -0.05) is 30.3 Å². The lowest BCUT2D eigenvalue weighted by Gasteiger charge is -2.08. The summed E-state index contributed by atoms with van der Waals surface area (Å²) in [4.78, 5) is 25.4. The molecule has 3 aromatic rings. The fraction of sp³-hybridized carbons (Fsp3) is 0. The number of carboxylic acid groups (broad SMARTS) is 1. The minimum atomic E-state index is -1.18. The molecule has 0 aliphatic heterocycles. The van der Waals surface area contributed by atoms with Crippen molar-refractivity contribution in [3.8, 4) is 11.5 Å². The first kappa shape index (κ1) is 12.9. The Morgan fingerprint density at radius 3 is 2.52 bits per heavy atom. The molecule has 1 aromatic heterocycles. The van der Waals surface area contributed by atoms with Crippen LogP contribution in [0.3, 0.4) is 0 Å². The van der Waals surface area contributed by atoms with E-state index in [0.29, 0.717) is 22.3 Å². The molecule has 2 N–H and O–H groups in total. The fourth-order valence-corrected chi connectivity index (χ4v) is 2.10. The standard InChI is InChI=1S/C16H11NO4/c18-15-14-10(9-12(17-15)16(19)20)5-4-8-13(14)21-11-6-2-1-3-7-11/h1-9H,(H,17,18)(H,19,20). The van der Waals surface area contributed by atoms with Crippen LogP contribution in [0, 0.1) is 0 Å². The molecule has 0 amide bonds. The Balaban J connectivity index is 2.16. The molecule has 1 heterocycles. The monoisotopic (exact) mass is 281 g/mol. The van der Waals surface area contributed by atoms with E-state index in [1.165, 1.54) is 6.07 Å². The molecular weight excluding hydrogens is 270 g/mol. The zero-order valence-corrected chi connectivity index (χ0v) is 10.9. The number of aromatic nitrogens is 1. The number of hydrogen-bond donors (Lipinski definition) is 2. The average molecular weight is 281 g/mol. The van der Waals surface area contributed by atoms with Crippen LogP contribution in [0.1, 0.15) is 10.5 Å². The van der Waals surface area contributed by atoms with Crippen molar-refractivity contribution < 1.29 is 14.6 Å². The summed E-state index contributed by atoms with van der Waals surface area (Å²) in [7, 11) is 0. The van der Waals surface area contributed by atoms with Crippen LogP contribution in [-0.4, -0.2) is 16.1 Å². The maximum atomic E-state index is 12.1. The summed E-state index contributed by atoms with van der Waals surface area (Å²) >= 11 is 0.